The van der Waals surface area contributed by atoms with Gasteiger partial charge in [-0.1, -0.05) is 11.6 Å². The van der Waals surface area contributed by atoms with Crippen molar-refractivity contribution in [3.8, 4) is 11.5 Å². The van der Waals surface area contributed by atoms with Crippen molar-refractivity contribution < 1.29 is 28.6 Å². The number of carbonyl (C=O) groups excluding carboxylic acids is 3. The number of carbonyl (C=O) groups is 3. The number of halogens is 1. The summed E-state index contributed by atoms with van der Waals surface area (Å²) in [6.45, 7) is -0.796. The van der Waals surface area contributed by atoms with Gasteiger partial charge < -0.3 is 19.5 Å². The van der Waals surface area contributed by atoms with Crippen molar-refractivity contribution in [2.45, 2.75) is 0 Å². The van der Waals surface area contributed by atoms with E-state index in [-0.39, 0.29) is 17.9 Å². The molecule has 0 aliphatic heterocycles. The number of benzene rings is 1. The average Bonchev–Trinajstić information content (AvgIpc) is 3.09. The van der Waals surface area contributed by atoms with Gasteiger partial charge in [-0.2, -0.15) is 0 Å². The molecule has 0 fully saturated rings. The minimum Gasteiger partial charge on any atom is -0.497 e. The van der Waals surface area contributed by atoms with Crippen molar-refractivity contribution in [2.75, 3.05) is 27.4 Å². The summed E-state index contributed by atoms with van der Waals surface area (Å²) in [5, 5.41) is 2.41. The van der Waals surface area contributed by atoms with Gasteiger partial charge in [0.15, 0.2) is 6.61 Å². The van der Waals surface area contributed by atoms with E-state index >= 15 is 0 Å². The van der Waals surface area contributed by atoms with Crippen molar-refractivity contribution in [1.82, 2.24) is 5.32 Å². The number of nitrogens with one attached hydrogen (secondary N) is 1. The second-order valence-electron chi connectivity index (χ2n) is 4.97. The third-order valence-electron chi connectivity index (χ3n) is 3.22. The Labute approximate surface area is 158 Å². The van der Waals surface area contributed by atoms with Crippen LogP contribution in [0.1, 0.15) is 20.0 Å². The van der Waals surface area contributed by atoms with Crippen LogP contribution in [0.2, 0.25) is 4.34 Å². The van der Waals surface area contributed by atoms with Gasteiger partial charge in [-0.3, -0.25) is 14.4 Å². The molecule has 2 aromatic rings. The largest absolute Gasteiger partial charge is 0.497 e. The molecule has 0 saturated heterocycles. The van der Waals surface area contributed by atoms with E-state index in [0.717, 1.165) is 11.3 Å². The normalized spacial score (nSPS) is 10.1. The Kier molecular flexibility index (Phi) is 6.99. The van der Waals surface area contributed by atoms with Crippen molar-refractivity contribution in [1.29, 1.82) is 0 Å². The zero-order valence-electron chi connectivity index (χ0n) is 14.0. The quantitative estimate of drug-likeness (QED) is 0.543. The summed E-state index contributed by atoms with van der Waals surface area (Å²) in [5.74, 6) is -0.714. The molecule has 138 valence electrons. The zero-order chi connectivity index (χ0) is 19.1. The van der Waals surface area contributed by atoms with E-state index in [1.54, 1.807) is 18.2 Å². The van der Waals surface area contributed by atoms with Crippen molar-refractivity contribution >= 4 is 40.6 Å². The molecule has 9 heteroatoms. The van der Waals surface area contributed by atoms with Crippen molar-refractivity contribution in [3.05, 3.63) is 45.1 Å². The molecule has 0 radical (unpaired) electrons. The molecule has 0 saturated carbocycles. The number of hydrogen-bond acceptors (Lipinski definition) is 7. The molecule has 0 spiro atoms. The number of amides is 1. The summed E-state index contributed by atoms with van der Waals surface area (Å²) < 4.78 is 15.5. The smallest absolute Gasteiger partial charge is 0.325 e. The molecule has 7 nitrogen and oxygen atoms in total. The molecule has 1 N–H and O–H groups in total. The Morgan fingerprint density at radius 1 is 1.08 bits per heavy atom. The lowest BCUT2D eigenvalue weighted by Gasteiger charge is -2.09. The number of ketones is 1. The molecule has 0 aliphatic rings. The topological polar surface area (TPSA) is 90.9 Å². The van der Waals surface area contributed by atoms with Crippen molar-refractivity contribution in [2.24, 2.45) is 0 Å². The highest BCUT2D eigenvalue weighted by Gasteiger charge is 2.14. The third-order valence-corrected chi connectivity index (χ3v) is 4.49. The van der Waals surface area contributed by atoms with Crippen LogP contribution in [-0.4, -0.2) is 45.0 Å². The van der Waals surface area contributed by atoms with Crippen LogP contribution in [0.25, 0.3) is 0 Å². The summed E-state index contributed by atoms with van der Waals surface area (Å²) in [7, 11) is 2.93. The van der Waals surface area contributed by atoms with Gasteiger partial charge in [0.2, 0.25) is 5.78 Å². The van der Waals surface area contributed by atoms with E-state index < -0.39 is 18.5 Å². The second kappa shape index (κ2) is 9.21. The first kappa shape index (κ1) is 19.7. The number of esters is 1. The monoisotopic (exact) mass is 397 g/mol. The lowest BCUT2D eigenvalue weighted by atomic mass is 10.2. The van der Waals surface area contributed by atoms with Crippen molar-refractivity contribution in [3.63, 3.8) is 0 Å². The molecular weight excluding hydrogens is 382 g/mol. The number of thiophene rings is 1. The fourth-order valence-electron chi connectivity index (χ4n) is 1.93. The van der Waals surface area contributed by atoms with Gasteiger partial charge in [0.25, 0.3) is 5.91 Å². The SMILES string of the molecule is COc1cc(OC)cc(C(=O)NCC(=O)OCC(=O)c2ccc(Cl)s2)c1. The Morgan fingerprint density at radius 2 is 1.73 bits per heavy atom. The van der Waals surface area contributed by atoms with E-state index in [1.807, 2.05) is 0 Å². The van der Waals surface area contributed by atoms with Crippen LogP contribution in [-0.2, 0) is 9.53 Å². The van der Waals surface area contributed by atoms with Gasteiger partial charge in [0.1, 0.15) is 18.0 Å². The molecule has 1 amide bonds. The lowest BCUT2D eigenvalue weighted by Crippen LogP contribution is -2.31. The number of methoxy groups -OCH3 is 2. The minimum absolute atomic E-state index is 0.262. The van der Waals surface area contributed by atoms with E-state index in [4.69, 9.17) is 25.8 Å². The Bertz CT molecular complexity index is 797. The fourth-order valence-corrected chi connectivity index (χ4v) is 2.89. The highest BCUT2D eigenvalue weighted by atomic mass is 35.5. The maximum atomic E-state index is 12.1. The van der Waals surface area contributed by atoms with E-state index in [9.17, 15) is 14.4 Å². The predicted octanol–water partition coefficient (Wildman–Crippen LogP) is 2.57. The number of rotatable bonds is 8. The molecular formula is C17H16ClNO6S. The molecule has 0 atom stereocenters. The molecule has 2 rings (SSSR count). The first-order chi connectivity index (χ1) is 12.4. The Hall–Kier alpha value is -2.58. The van der Waals surface area contributed by atoms with Gasteiger partial charge in [-0.05, 0) is 24.3 Å². The van der Waals surface area contributed by atoms with E-state index in [2.05, 4.69) is 5.32 Å². The summed E-state index contributed by atoms with van der Waals surface area (Å²) >= 11 is 6.85. The van der Waals surface area contributed by atoms with E-state index in [1.165, 1.54) is 26.4 Å². The summed E-state index contributed by atoms with van der Waals surface area (Å²) in [4.78, 5) is 36.1. The molecule has 26 heavy (non-hydrogen) atoms. The first-order valence-electron chi connectivity index (χ1n) is 7.38. The van der Waals surface area contributed by atoms with Crippen LogP contribution in [0.15, 0.2) is 30.3 Å². The van der Waals surface area contributed by atoms with Gasteiger partial charge in [-0.15, -0.1) is 11.3 Å². The fraction of sp³-hybridized carbons (Fsp3) is 0.235. The Morgan fingerprint density at radius 3 is 2.27 bits per heavy atom. The maximum absolute atomic E-state index is 12.1. The highest BCUT2D eigenvalue weighted by molar-refractivity contribution is 7.18. The average molecular weight is 398 g/mol. The standard InChI is InChI=1S/C17H16ClNO6S/c1-23-11-5-10(6-12(7-11)24-2)17(22)19-8-16(21)25-9-13(20)14-3-4-15(18)26-14/h3-7H,8-9H2,1-2H3,(H,19,22). The maximum Gasteiger partial charge on any atom is 0.325 e. The molecule has 1 aromatic heterocycles. The predicted molar refractivity (Wildman–Crippen MR) is 96.5 cm³/mol. The van der Waals surface area contributed by atoms with Crippen LogP contribution in [0.5, 0.6) is 11.5 Å². The molecule has 0 bridgehead atoms. The molecule has 0 aliphatic carbocycles. The van der Waals surface area contributed by atoms with E-state index in [0.29, 0.717) is 20.7 Å². The van der Waals surface area contributed by atoms with Gasteiger partial charge >= 0.3 is 5.97 Å². The Balaban J connectivity index is 1.85. The summed E-state index contributed by atoms with van der Waals surface area (Å²) in [5.41, 5.74) is 0.262. The van der Waals surface area contributed by atoms with Gasteiger partial charge in [0, 0.05) is 11.6 Å². The molecule has 0 unspecified atom stereocenters. The first-order valence-corrected chi connectivity index (χ1v) is 8.58. The number of Topliss-reactive ketones (excluding diaryl/α,β-unsaturated/α-hetero) is 1. The summed E-state index contributed by atoms with van der Waals surface area (Å²) in [6.07, 6.45) is 0. The zero-order valence-corrected chi connectivity index (χ0v) is 15.6. The van der Waals surface area contributed by atoms with Crippen LogP contribution in [0, 0.1) is 0 Å². The highest BCUT2D eigenvalue weighted by Crippen LogP contribution is 2.23. The lowest BCUT2D eigenvalue weighted by molar-refractivity contribution is -0.141. The minimum atomic E-state index is -0.732. The number of hydrogen-bond donors (Lipinski definition) is 1. The molecule has 1 heterocycles. The van der Waals surface area contributed by atoms with Gasteiger partial charge in [-0.25, -0.2) is 0 Å². The number of ether oxygens (including phenoxy) is 3. The van der Waals surface area contributed by atoms with Crippen LogP contribution in [0.3, 0.4) is 0 Å². The van der Waals surface area contributed by atoms with Crippen LogP contribution >= 0.6 is 22.9 Å². The third kappa shape index (κ3) is 5.47. The second-order valence-corrected chi connectivity index (χ2v) is 6.69. The van der Waals surface area contributed by atoms with Crippen LogP contribution in [0.4, 0.5) is 0 Å². The molecule has 1 aromatic carbocycles. The summed E-state index contributed by atoms with van der Waals surface area (Å²) in [6, 6.07) is 7.78. The van der Waals surface area contributed by atoms with Gasteiger partial charge in [0.05, 0.1) is 23.4 Å². The van der Waals surface area contributed by atoms with Crippen LogP contribution < -0.4 is 14.8 Å².